The van der Waals surface area contributed by atoms with Crippen molar-refractivity contribution in [3.8, 4) is 11.8 Å². The Morgan fingerprint density at radius 1 is 1.36 bits per heavy atom. The maximum absolute atomic E-state index is 4.03. The molecule has 0 atom stereocenters. The van der Waals surface area contributed by atoms with Crippen LogP contribution < -0.4 is 5.32 Å². The van der Waals surface area contributed by atoms with E-state index in [1.165, 1.54) is 12.8 Å². The van der Waals surface area contributed by atoms with Crippen LogP contribution in [0.25, 0.3) is 0 Å². The fourth-order valence-electron chi connectivity index (χ4n) is 1.59. The SMILES string of the molecule is C(#CC1CCNCC1)c1cccnc1. The summed E-state index contributed by atoms with van der Waals surface area (Å²) in [5, 5.41) is 3.33. The molecule has 0 spiro atoms. The van der Waals surface area contributed by atoms with Crippen molar-refractivity contribution >= 4 is 0 Å². The van der Waals surface area contributed by atoms with Crippen molar-refractivity contribution in [1.82, 2.24) is 10.3 Å². The first kappa shape index (κ1) is 9.23. The average molecular weight is 186 g/mol. The summed E-state index contributed by atoms with van der Waals surface area (Å²) in [4.78, 5) is 4.03. The molecule has 2 heteroatoms. The predicted octanol–water partition coefficient (Wildman–Crippen LogP) is 1.43. The fraction of sp³-hybridized carbons (Fsp3) is 0.417. The Kier molecular flexibility index (Phi) is 3.15. The summed E-state index contributed by atoms with van der Waals surface area (Å²) >= 11 is 0. The van der Waals surface area contributed by atoms with Gasteiger partial charge in [-0.3, -0.25) is 4.98 Å². The van der Waals surface area contributed by atoms with Crippen LogP contribution in [0.4, 0.5) is 0 Å². The smallest absolute Gasteiger partial charge is 0.0428 e. The molecule has 0 unspecified atom stereocenters. The van der Waals surface area contributed by atoms with Gasteiger partial charge in [0.05, 0.1) is 0 Å². The molecule has 1 saturated heterocycles. The van der Waals surface area contributed by atoms with E-state index in [4.69, 9.17) is 0 Å². The van der Waals surface area contributed by atoms with E-state index < -0.39 is 0 Å². The Labute approximate surface area is 84.7 Å². The van der Waals surface area contributed by atoms with Crippen LogP contribution in [0.3, 0.4) is 0 Å². The van der Waals surface area contributed by atoms with E-state index in [9.17, 15) is 0 Å². The van der Waals surface area contributed by atoms with Gasteiger partial charge in [0.15, 0.2) is 0 Å². The lowest BCUT2D eigenvalue weighted by atomic mass is 9.99. The lowest BCUT2D eigenvalue weighted by molar-refractivity contribution is 0.447. The van der Waals surface area contributed by atoms with Crippen LogP contribution in [-0.2, 0) is 0 Å². The molecule has 2 nitrogen and oxygen atoms in total. The summed E-state index contributed by atoms with van der Waals surface area (Å²) in [6.45, 7) is 2.21. The number of hydrogen-bond acceptors (Lipinski definition) is 2. The van der Waals surface area contributed by atoms with Gasteiger partial charge in [-0.15, -0.1) is 0 Å². The summed E-state index contributed by atoms with van der Waals surface area (Å²) in [6.07, 6.45) is 5.93. The third-order valence-corrected chi connectivity index (χ3v) is 2.42. The van der Waals surface area contributed by atoms with Gasteiger partial charge >= 0.3 is 0 Å². The summed E-state index contributed by atoms with van der Waals surface area (Å²) < 4.78 is 0. The molecular weight excluding hydrogens is 172 g/mol. The lowest BCUT2D eigenvalue weighted by Crippen LogP contribution is -2.26. The molecule has 1 fully saturated rings. The molecule has 0 radical (unpaired) electrons. The highest BCUT2D eigenvalue weighted by Crippen LogP contribution is 2.09. The van der Waals surface area contributed by atoms with E-state index in [0.717, 1.165) is 18.7 Å². The highest BCUT2D eigenvalue weighted by molar-refractivity contribution is 5.31. The summed E-state index contributed by atoms with van der Waals surface area (Å²) in [7, 11) is 0. The van der Waals surface area contributed by atoms with Gasteiger partial charge in [0, 0.05) is 23.9 Å². The third kappa shape index (κ3) is 2.58. The molecule has 1 aromatic rings. The number of aromatic nitrogens is 1. The minimum atomic E-state index is 0.566. The van der Waals surface area contributed by atoms with Gasteiger partial charge in [-0.2, -0.15) is 0 Å². The third-order valence-electron chi connectivity index (χ3n) is 2.42. The van der Waals surface area contributed by atoms with Gasteiger partial charge in [0.1, 0.15) is 0 Å². The normalized spacial score (nSPS) is 17.1. The molecule has 1 aliphatic heterocycles. The minimum Gasteiger partial charge on any atom is -0.317 e. The zero-order valence-corrected chi connectivity index (χ0v) is 8.16. The van der Waals surface area contributed by atoms with Crippen LogP contribution in [-0.4, -0.2) is 18.1 Å². The van der Waals surface area contributed by atoms with Crippen LogP contribution in [0.1, 0.15) is 18.4 Å². The first-order chi connectivity index (χ1) is 6.95. The van der Waals surface area contributed by atoms with E-state index in [1.807, 2.05) is 18.3 Å². The van der Waals surface area contributed by atoms with E-state index in [0.29, 0.717) is 5.92 Å². The second-order valence-electron chi connectivity index (χ2n) is 3.54. The highest BCUT2D eigenvalue weighted by Gasteiger charge is 2.08. The molecular formula is C12H14N2. The van der Waals surface area contributed by atoms with Crippen LogP contribution in [0.5, 0.6) is 0 Å². The van der Waals surface area contributed by atoms with Crippen molar-refractivity contribution in [1.29, 1.82) is 0 Å². The minimum absolute atomic E-state index is 0.566. The van der Waals surface area contributed by atoms with Crippen molar-refractivity contribution in [3.63, 3.8) is 0 Å². The van der Waals surface area contributed by atoms with Crippen LogP contribution >= 0.6 is 0 Å². The van der Waals surface area contributed by atoms with Crippen LogP contribution in [0.15, 0.2) is 24.5 Å². The number of rotatable bonds is 0. The Hall–Kier alpha value is -1.33. The van der Waals surface area contributed by atoms with Crippen LogP contribution in [0.2, 0.25) is 0 Å². The molecule has 2 rings (SSSR count). The quantitative estimate of drug-likeness (QED) is 0.620. The molecule has 1 aliphatic rings. The lowest BCUT2D eigenvalue weighted by Gasteiger charge is -2.17. The van der Waals surface area contributed by atoms with E-state index in [1.54, 1.807) is 6.20 Å². The average Bonchev–Trinajstić information content (AvgIpc) is 2.29. The first-order valence-electron chi connectivity index (χ1n) is 5.07. The van der Waals surface area contributed by atoms with Crippen molar-refractivity contribution in [3.05, 3.63) is 30.1 Å². The largest absolute Gasteiger partial charge is 0.317 e. The summed E-state index contributed by atoms with van der Waals surface area (Å²) in [6, 6.07) is 3.92. The molecule has 0 aliphatic carbocycles. The predicted molar refractivity (Wildman–Crippen MR) is 56.7 cm³/mol. The van der Waals surface area contributed by atoms with E-state index >= 15 is 0 Å². The Morgan fingerprint density at radius 2 is 2.21 bits per heavy atom. The van der Waals surface area contributed by atoms with Gasteiger partial charge < -0.3 is 5.32 Å². The molecule has 1 aromatic heterocycles. The molecule has 72 valence electrons. The zero-order valence-electron chi connectivity index (χ0n) is 8.16. The van der Waals surface area contributed by atoms with Crippen molar-refractivity contribution in [2.24, 2.45) is 5.92 Å². The molecule has 1 N–H and O–H groups in total. The second kappa shape index (κ2) is 4.78. The Balaban J connectivity index is 1.99. The number of piperidine rings is 1. The standard InChI is InChI=1S/C12H14N2/c1-2-12(10-14-7-1)4-3-11-5-8-13-9-6-11/h1-2,7,10-11,13H,5-6,8-9H2. The van der Waals surface area contributed by atoms with E-state index in [-0.39, 0.29) is 0 Å². The highest BCUT2D eigenvalue weighted by atomic mass is 14.9. The maximum Gasteiger partial charge on any atom is 0.0428 e. The molecule has 0 aromatic carbocycles. The van der Waals surface area contributed by atoms with Gasteiger partial charge in [-0.1, -0.05) is 11.8 Å². The summed E-state index contributed by atoms with van der Waals surface area (Å²) in [5.74, 6) is 7.05. The molecule has 0 amide bonds. The Morgan fingerprint density at radius 3 is 2.93 bits per heavy atom. The molecule has 0 saturated carbocycles. The van der Waals surface area contributed by atoms with Crippen molar-refractivity contribution < 1.29 is 0 Å². The van der Waals surface area contributed by atoms with Crippen LogP contribution in [0, 0.1) is 17.8 Å². The van der Waals surface area contributed by atoms with E-state index in [2.05, 4.69) is 22.1 Å². The summed E-state index contributed by atoms with van der Waals surface area (Å²) in [5.41, 5.74) is 1.02. The maximum atomic E-state index is 4.03. The van der Waals surface area contributed by atoms with Gasteiger partial charge in [0.25, 0.3) is 0 Å². The van der Waals surface area contributed by atoms with Gasteiger partial charge in [-0.05, 0) is 38.1 Å². The first-order valence-corrected chi connectivity index (χ1v) is 5.07. The molecule has 2 heterocycles. The van der Waals surface area contributed by atoms with Gasteiger partial charge in [-0.25, -0.2) is 0 Å². The zero-order chi connectivity index (χ0) is 9.64. The monoisotopic (exact) mass is 186 g/mol. The molecule has 0 bridgehead atoms. The number of hydrogen-bond donors (Lipinski definition) is 1. The Bertz CT molecular complexity index is 328. The number of pyridine rings is 1. The van der Waals surface area contributed by atoms with Crippen molar-refractivity contribution in [2.75, 3.05) is 13.1 Å². The van der Waals surface area contributed by atoms with Crippen molar-refractivity contribution in [2.45, 2.75) is 12.8 Å². The number of nitrogens with zero attached hydrogens (tertiary/aromatic N) is 1. The number of nitrogens with one attached hydrogen (secondary N) is 1. The molecule has 14 heavy (non-hydrogen) atoms. The second-order valence-corrected chi connectivity index (χ2v) is 3.54. The fourth-order valence-corrected chi connectivity index (χ4v) is 1.59. The van der Waals surface area contributed by atoms with Gasteiger partial charge in [0.2, 0.25) is 0 Å². The topological polar surface area (TPSA) is 24.9 Å².